The van der Waals surface area contributed by atoms with Crippen LogP contribution >= 0.6 is 0 Å². The number of amides is 2. The van der Waals surface area contributed by atoms with E-state index < -0.39 is 5.97 Å². The molecule has 1 heterocycles. The van der Waals surface area contributed by atoms with Crippen LogP contribution in [0.1, 0.15) is 33.3 Å². The zero-order valence-electron chi connectivity index (χ0n) is 20.6. The van der Waals surface area contributed by atoms with Crippen LogP contribution in [0.5, 0.6) is 11.5 Å². The minimum Gasteiger partial charge on any atom is -0.497 e. The summed E-state index contributed by atoms with van der Waals surface area (Å²) in [6, 6.07) is 14.0. The van der Waals surface area contributed by atoms with E-state index in [1.807, 2.05) is 13.8 Å². The van der Waals surface area contributed by atoms with Gasteiger partial charge < -0.3 is 19.5 Å². The molecule has 35 heavy (non-hydrogen) atoms. The topological polar surface area (TPSA) is 94.2 Å². The van der Waals surface area contributed by atoms with Gasteiger partial charge in [-0.3, -0.25) is 14.5 Å². The third-order valence-corrected chi connectivity index (χ3v) is 5.22. The van der Waals surface area contributed by atoms with E-state index in [1.165, 1.54) is 4.90 Å². The monoisotopic (exact) mass is 478 g/mol. The molecule has 1 aliphatic heterocycles. The Hall–Kier alpha value is -4.07. The Morgan fingerprint density at radius 2 is 1.66 bits per heavy atom. The average Bonchev–Trinajstić information content (AvgIpc) is 3.07. The summed E-state index contributed by atoms with van der Waals surface area (Å²) >= 11 is 0. The molecule has 2 amide bonds. The van der Waals surface area contributed by atoms with E-state index in [-0.39, 0.29) is 42.2 Å². The van der Waals surface area contributed by atoms with Crippen molar-refractivity contribution in [2.45, 2.75) is 33.7 Å². The number of rotatable bonds is 9. The molecule has 2 aromatic carbocycles. The second-order valence-corrected chi connectivity index (χ2v) is 8.16. The number of allylic oxidation sites excluding steroid dienone is 1. The average molecular weight is 479 g/mol. The molecular formula is C27H30N2O6. The van der Waals surface area contributed by atoms with Gasteiger partial charge in [-0.05, 0) is 75.7 Å². The first-order valence-corrected chi connectivity index (χ1v) is 11.4. The Morgan fingerprint density at radius 3 is 2.23 bits per heavy atom. The molecule has 1 N–H and O–H groups in total. The van der Waals surface area contributed by atoms with Crippen molar-refractivity contribution in [1.82, 2.24) is 5.32 Å². The quantitative estimate of drug-likeness (QED) is 0.434. The third kappa shape index (κ3) is 6.09. The predicted molar refractivity (Wildman–Crippen MR) is 133 cm³/mol. The molecule has 0 spiro atoms. The summed E-state index contributed by atoms with van der Waals surface area (Å²) in [5.41, 5.74) is 2.25. The molecule has 2 aromatic rings. The van der Waals surface area contributed by atoms with Gasteiger partial charge in [0.1, 0.15) is 11.5 Å². The van der Waals surface area contributed by atoms with Crippen LogP contribution in [0.25, 0.3) is 6.08 Å². The summed E-state index contributed by atoms with van der Waals surface area (Å²) in [7, 11) is 1.57. The predicted octanol–water partition coefficient (Wildman–Crippen LogP) is 3.87. The number of carbonyl (C=O) groups is 3. The number of nitrogens with zero attached hydrogens (tertiary/aromatic N) is 1. The zero-order valence-corrected chi connectivity index (χ0v) is 20.6. The molecule has 0 atom stereocenters. The Balaban J connectivity index is 1.88. The largest absolute Gasteiger partial charge is 0.497 e. The summed E-state index contributed by atoms with van der Waals surface area (Å²) < 4.78 is 16.0. The van der Waals surface area contributed by atoms with E-state index in [4.69, 9.17) is 14.2 Å². The molecule has 0 radical (unpaired) electrons. The van der Waals surface area contributed by atoms with Crippen molar-refractivity contribution < 1.29 is 28.6 Å². The molecule has 0 unspecified atom stereocenters. The number of hydrogen-bond donors (Lipinski definition) is 1. The van der Waals surface area contributed by atoms with Crippen LogP contribution in [0.2, 0.25) is 0 Å². The van der Waals surface area contributed by atoms with Crippen LogP contribution in [-0.4, -0.2) is 44.1 Å². The molecule has 0 aromatic heterocycles. The lowest BCUT2D eigenvalue weighted by atomic mass is 10.0. The van der Waals surface area contributed by atoms with Crippen molar-refractivity contribution in [3.05, 3.63) is 70.9 Å². The van der Waals surface area contributed by atoms with Gasteiger partial charge in [-0.2, -0.15) is 0 Å². The fourth-order valence-electron chi connectivity index (χ4n) is 3.66. The maximum absolute atomic E-state index is 13.4. The van der Waals surface area contributed by atoms with Crippen LogP contribution in [0.15, 0.2) is 65.4 Å². The van der Waals surface area contributed by atoms with Crippen molar-refractivity contribution in [3.63, 3.8) is 0 Å². The SMILES string of the molecule is CCOC(=O)C1=C(C)N(c2ccc(OC)cc2)C(=O)/C1=C\c1ccc(OCC(=O)NC(C)C)cc1. The molecule has 0 fully saturated rings. The molecule has 1 aliphatic rings. The molecular weight excluding hydrogens is 448 g/mol. The first-order valence-electron chi connectivity index (χ1n) is 11.4. The van der Waals surface area contributed by atoms with Crippen LogP contribution in [0.3, 0.4) is 0 Å². The number of benzene rings is 2. The summed E-state index contributed by atoms with van der Waals surface area (Å²) in [5.74, 6) is 0.0765. The Labute approximate surface area is 205 Å². The number of nitrogens with one attached hydrogen (secondary N) is 1. The van der Waals surface area contributed by atoms with Crippen molar-refractivity contribution in [2.24, 2.45) is 0 Å². The maximum Gasteiger partial charge on any atom is 0.340 e. The second-order valence-electron chi connectivity index (χ2n) is 8.16. The molecule has 8 heteroatoms. The van der Waals surface area contributed by atoms with E-state index in [9.17, 15) is 14.4 Å². The normalized spacial score (nSPS) is 14.5. The third-order valence-electron chi connectivity index (χ3n) is 5.22. The minimum atomic E-state index is -0.559. The highest BCUT2D eigenvalue weighted by Crippen LogP contribution is 2.36. The Morgan fingerprint density at radius 1 is 1.03 bits per heavy atom. The highest BCUT2D eigenvalue weighted by Gasteiger charge is 2.38. The molecule has 0 saturated carbocycles. The molecule has 8 nitrogen and oxygen atoms in total. The second kappa shape index (κ2) is 11.4. The number of esters is 1. The number of methoxy groups -OCH3 is 1. The summed E-state index contributed by atoms with van der Waals surface area (Å²) in [5, 5.41) is 2.76. The van der Waals surface area contributed by atoms with Gasteiger partial charge in [-0.25, -0.2) is 4.79 Å². The molecule has 0 saturated heterocycles. The summed E-state index contributed by atoms with van der Waals surface area (Å²) in [6.07, 6.45) is 1.65. The van der Waals surface area contributed by atoms with Crippen LogP contribution in [0, 0.1) is 0 Å². The smallest absolute Gasteiger partial charge is 0.340 e. The lowest BCUT2D eigenvalue weighted by Gasteiger charge is -2.18. The first kappa shape index (κ1) is 25.6. The minimum absolute atomic E-state index is 0.0339. The summed E-state index contributed by atoms with van der Waals surface area (Å²) in [6.45, 7) is 7.28. The van der Waals surface area contributed by atoms with Gasteiger partial charge in [0.2, 0.25) is 0 Å². The molecule has 3 rings (SSSR count). The van der Waals surface area contributed by atoms with Crippen LogP contribution in [-0.2, 0) is 19.1 Å². The van der Waals surface area contributed by atoms with Gasteiger partial charge in [-0.1, -0.05) is 12.1 Å². The lowest BCUT2D eigenvalue weighted by molar-refractivity contribution is -0.138. The number of ether oxygens (including phenoxy) is 3. The van der Waals surface area contributed by atoms with Gasteiger partial charge in [0.25, 0.3) is 11.8 Å². The first-order chi connectivity index (χ1) is 16.7. The summed E-state index contributed by atoms with van der Waals surface area (Å²) in [4.78, 5) is 39.5. The van der Waals surface area contributed by atoms with Gasteiger partial charge in [0, 0.05) is 17.4 Å². The Bertz CT molecular complexity index is 1150. The van der Waals surface area contributed by atoms with E-state index in [0.717, 1.165) is 0 Å². The van der Waals surface area contributed by atoms with E-state index >= 15 is 0 Å². The zero-order chi connectivity index (χ0) is 25.5. The number of carbonyl (C=O) groups excluding carboxylic acids is 3. The standard InChI is InChI=1S/C27H30N2O6/c1-6-34-27(32)25-18(4)29(20-9-13-21(33-5)14-10-20)26(31)23(25)15-19-7-11-22(12-8-19)35-16-24(30)28-17(2)3/h7-15,17H,6,16H2,1-5H3,(H,28,30)/b23-15-. The van der Waals surface area contributed by atoms with Crippen molar-refractivity contribution in [2.75, 3.05) is 25.2 Å². The fraction of sp³-hybridized carbons (Fsp3) is 0.296. The number of hydrogen-bond acceptors (Lipinski definition) is 6. The van der Waals surface area contributed by atoms with Crippen molar-refractivity contribution in [3.8, 4) is 11.5 Å². The van der Waals surface area contributed by atoms with Crippen LogP contribution in [0.4, 0.5) is 5.69 Å². The van der Waals surface area contributed by atoms with Gasteiger partial charge in [0.05, 0.1) is 24.9 Å². The van der Waals surface area contributed by atoms with Gasteiger partial charge in [-0.15, -0.1) is 0 Å². The van der Waals surface area contributed by atoms with Gasteiger partial charge >= 0.3 is 5.97 Å². The van der Waals surface area contributed by atoms with E-state index in [2.05, 4.69) is 5.32 Å². The lowest BCUT2D eigenvalue weighted by Crippen LogP contribution is -2.34. The molecule has 0 bridgehead atoms. The molecule has 0 aliphatic carbocycles. The van der Waals surface area contributed by atoms with Crippen LogP contribution < -0.4 is 19.7 Å². The van der Waals surface area contributed by atoms with E-state index in [0.29, 0.717) is 28.4 Å². The highest BCUT2D eigenvalue weighted by molar-refractivity contribution is 6.23. The van der Waals surface area contributed by atoms with Gasteiger partial charge in [0.15, 0.2) is 6.61 Å². The highest BCUT2D eigenvalue weighted by atomic mass is 16.5. The fourth-order valence-corrected chi connectivity index (χ4v) is 3.66. The van der Waals surface area contributed by atoms with Crippen molar-refractivity contribution in [1.29, 1.82) is 0 Å². The van der Waals surface area contributed by atoms with Crippen molar-refractivity contribution >= 4 is 29.5 Å². The Kier molecular flexibility index (Phi) is 8.30. The maximum atomic E-state index is 13.4. The molecule has 184 valence electrons. The van der Waals surface area contributed by atoms with E-state index in [1.54, 1.807) is 75.6 Å². The number of anilines is 1.